The van der Waals surface area contributed by atoms with Gasteiger partial charge in [0.15, 0.2) is 11.7 Å². The number of aromatic nitrogens is 2. The number of amides is 1. The largest absolute Gasteiger partial charge is 0.441 e. The Balaban J connectivity index is 0.000000466. The summed E-state index contributed by atoms with van der Waals surface area (Å²) in [5.41, 5.74) is 6.22. The number of pyridine rings is 1. The molecule has 190 valence electrons. The molecule has 0 unspecified atom stereocenters. The molecule has 0 aliphatic carbocycles. The van der Waals surface area contributed by atoms with E-state index in [0.717, 1.165) is 49.6 Å². The molecular formula is C27H38N4O4. The van der Waals surface area contributed by atoms with Gasteiger partial charge in [-0.05, 0) is 44.5 Å². The van der Waals surface area contributed by atoms with Gasteiger partial charge in [0.1, 0.15) is 5.78 Å². The van der Waals surface area contributed by atoms with Crippen LogP contribution in [0.4, 0.5) is 0 Å². The summed E-state index contributed by atoms with van der Waals surface area (Å²) >= 11 is 0. The highest BCUT2D eigenvalue weighted by Crippen LogP contribution is 2.22. The number of para-hydroxylation sites is 1. The maximum atomic E-state index is 12.7. The number of unbranched alkanes of at least 4 members (excludes halogenated alkanes) is 3. The molecule has 8 nitrogen and oxygen atoms in total. The molecule has 0 spiro atoms. The standard InChI is InChI=1S/C22H26N2O3.C5H12N2O/c1-3-17(25)11-6-4-5-7-13-21-23-15-20(27-21)18-14-16-10-8-9-12-19(16)24(2)22(18)26;1-7(2)4-3-5(6)8/h8-10,12,14-15H,3-7,11,13H2,1-2H3;3-4H2,1-2H3,(H2,6,8). The zero-order chi connectivity index (χ0) is 25.8. The van der Waals surface area contributed by atoms with Crippen LogP contribution in [0, 0.1) is 0 Å². The van der Waals surface area contributed by atoms with Crippen LogP contribution in [0.2, 0.25) is 0 Å². The summed E-state index contributed by atoms with van der Waals surface area (Å²) in [4.78, 5) is 40.3. The van der Waals surface area contributed by atoms with E-state index in [1.54, 1.807) is 17.8 Å². The van der Waals surface area contributed by atoms with Crippen molar-refractivity contribution in [3.8, 4) is 11.3 Å². The highest BCUT2D eigenvalue weighted by atomic mass is 16.4. The summed E-state index contributed by atoms with van der Waals surface area (Å²) in [6.07, 6.45) is 8.17. The Bertz CT molecular complexity index is 1160. The molecule has 0 aliphatic heterocycles. The van der Waals surface area contributed by atoms with Gasteiger partial charge in [-0.2, -0.15) is 0 Å². The van der Waals surface area contributed by atoms with E-state index in [1.807, 2.05) is 56.3 Å². The molecule has 1 aromatic carbocycles. The minimum absolute atomic E-state index is 0.0861. The van der Waals surface area contributed by atoms with Crippen molar-refractivity contribution in [1.29, 1.82) is 0 Å². The van der Waals surface area contributed by atoms with Crippen molar-refractivity contribution in [2.75, 3.05) is 20.6 Å². The van der Waals surface area contributed by atoms with Gasteiger partial charge < -0.3 is 19.6 Å². The average Bonchev–Trinajstić information content (AvgIpc) is 3.31. The lowest BCUT2D eigenvalue weighted by molar-refractivity contribution is -0.119. The lowest BCUT2D eigenvalue weighted by Gasteiger charge is -2.06. The number of fused-ring (bicyclic) bond motifs is 1. The van der Waals surface area contributed by atoms with Crippen molar-refractivity contribution in [3.63, 3.8) is 0 Å². The summed E-state index contributed by atoms with van der Waals surface area (Å²) in [5, 5.41) is 0.995. The molecule has 3 aromatic rings. The third-order valence-electron chi connectivity index (χ3n) is 5.75. The molecule has 35 heavy (non-hydrogen) atoms. The minimum atomic E-state index is -0.237. The first kappa shape index (κ1) is 28.0. The van der Waals surface area contributed by atoms with Crippen LogP contribution >= 0.6 is 0 Å². The third kappa shape index (κ3) is 9.13. The fraction of sp³-hybridized carbons (Fsp3) is 0.481. The first-order chi connectivity index (χ1) is 16.7. The molecule has 0 fully saturated rings. The molecule has 3 rings (SSSR count). The number of rotatable bonds is 12. The summed E-state index contributed by atoms with van der Waals surface area (Å²) in [5.74, 6) is 1.28. The molecule has 0 aliphatic rings. The number of hydrogen-bond acceptors (Lipinski definition) is 6. The van der Waals surface area contributed by atoms with Crippen LogP contribution in [-0.2, 0) is 23.1 Å². The Morgan fingerprint density at radius 1 is 1.09 bits per heavy atom. The molecule has 0 bridgehead atoms. The van der Waals surface area contributed by atoms with Crippen LogP contribution in [0.3, 0.4) is 0 Å². The first-order valence-electron chi connectivity index (χ1n) is 12.2. The van der Waals surface area contributed by atoms with Gasteiger partial charge in [0.2, 0.25) is 5.91 Å². The van der Waals surface area contributed by atoms with Crippen molar-refractivity contribution in [3.05, 3.63) is 52.8 Å². The second kappa shape index (κ2) is 14.2. The van der Waals surface area contributed by atoms with Crippen LogP contribution < -0.4 is 11.3 Å². The van der Waals surface area contributed by atoms with E-state index in [2.05, 4.69) is 4.98 Å². The molecule has 8 heteroatoms. The normalized spacial score (nSPS) is 10.9. The number of nitrogens with zero attached hydrogens (tertiary/aromatic N) is 3. The van der Waals surface area contributed by atoms with Gasteiger partial charge in [-0.3, -0.25) is 14.4 Å². The zero-order valence-electron chi connectivity index (χ0n) is 21.4. The lowest BCUT2D eigenvalue weighted by atomic mass is 10.1. The number of Topliss-reactive ketones (excluding diaryl/α,β-unsaturated/α-hetero) is 1. The monoisotopic (exact) mass is 482 g/mol. The number of carbonyl (C=O) groups is 2. The molecule has 0 atom stereocenters. The average molecular weight is 483 g/mol. The number of nitrogens with two attached hydrogens (primary N) is 1. The number of benzene rings is 1. The number of ketones is 1. The predicted octanol–water partition coefficient (Wildman–Crippen LogP) is 4.09. The Hall–Kier alpha value is -3.26. The van der Waals surface area contributed by atoms with Crippen LogP contribution in [0.5, 0.6) is 0 Å². The topological polar surface area (TPSA) is 111 Å². The quantitative estimate of drug-likeness (QED) is 0.389. The maximum Gasteiger partial charge on any atom is 0.261 e. The van der Waals surface area contributed by atoms with Gasteiger partial charge in [0, 0.05) is 39.3 Å². The SMILES string of the molecule is CCC(=O)CCCCCCc1ncc(-c2cc3ccccc3n(C)c2=O)o1.CN(C)CCC(N)=O. The molecule has 0 saturated carbocycles. The highest BCUT2D eigenvalue weighted by molar-refractivity contribution is 5.83. The molecule has 1 amide bonds. The van der Waals surface area contributed by atoms with Gasteiger partial charge in [-0.15, -0.1) is 0 Å². The molecule has 0 saturated heterocycles. The van der Waals surface area contributed by atoms with E-state index in [-0.39, 0.29) is 11.5 Å². The van der Waals surface area contributed by atoms with Crippen molar-refractivity contribution >= 4 is 22.6 Å². The van der Waals surface area contributed by atoms with Crippen molar-refractivity contribution < 1.29 is 14.0 Å². The van der Waals surface area contributed by atoms with E-state index in [4.69, 9.17) is 10.2 Å². The van der Waals surface area contributed by atoms with Crippen LogP contribution in [0.1, 0.15) is 57.8 Å². The Kier molecular flexibility index (Phi) is 11.4. The minimum Gasteiger partial charge on any atom is -0.441 e. The summed E-state index contributed by atoms with van der Waals surface area (Å²) in [7, 11) is 5.58. The lowest BCUT2D eigenvalue weighted by Crippen LogP contribution is -2.20. The fourth-order valence-electron chi connectivity index (χ4n) is 3.61. The van der Waals surface area contributed by atoms with Crippen molar-refractivity contribution in [1.82, 2.24) is 14.5 Å². The second-order valence-corrected chi connectivity index (χ2v) is 8.93. The number of hydrogen-bond donors (Lipinski definition) is 1. The molecule has 0 radical (unpaired) electrons. The van der Waals surface area contributed by atoms with Gasteiger partial charge in [-0.1, -0.05) is 38.0 Å². The van der Waals surface area contributed by atoms with E-state index in [0.29, 0.717) is 42.3 Å². The van der Waals surface area contributed by atoms with Gasteiger partial charge in [-0.25, -0.2) is 4.98 Å². The Morgan fingerprint density at radius 3 is 2.46 bits per heavy atom. The number of primary amides is 1. The zero-order valence-corrected chi connectivity index (χ0v) is 21.4. The van der Waals surface area contributed by atoms with Crippen molar-refractivity contribution in [2.45, 2.75) is 58.3 Å². The molecule has 2 N–H and O–H groups in total. The summed E-state index contributed by atoms with van der Waals surface area (Å²) in [6.45, 7) is 2.65. The summed E-state index contributed by atoms with van der Waals surface area (Å²) < 4.78 is 7.48. The predicted molar refractivity (Wildman–Crippen MR) is 139 cm³/mol. The van der Waals surface area contributed by atoms with Gasteiger partial charge >= 0.3 is 0 Å². The van der Waals surface area contributed by atoms with Crippen molar-refractivity contribution in [2.24, 2.45) is 12.8 Å². The van der Waals surface area contributed by atoms with E-state index in [9.17, 15) is 14.4 Å². The van der Waals surface area contributed by atoms with Gasteiger partial charge in [0.25, 0.3) is 5.56 Å². The molecule has 2 aromatic heterocycles. The fourth-order valence-corrected chi connectivity index (χ4v) is 3.61. The highest BCUT2D eigenvalue weighted by Gasteiger charge is 2.13. The smallest absolute Gasteiger partial charge is 0.261 e. The molecule has 2 heterocycles. The van der Waals surface area contributed by atoms with E-state index < -0.39 is 0 Å². The van der Waals surface area contributed by atoms with Crippen LogP contribution in [-0.4, -0.2) is 46.8 Å². The number of oxazole rings is 1. The van der Waals surface area contributed by atoms with Gasteiger partial charge in [0.05, 0.1) is 17.3 Å². The van der Waals surface area contributed by atoms with E-state index >= 15 is 0 Å². The first-order valence-corrected chi connectivity index (χ1v) is 12.2. The number of aryl methyl sites for hydroxylation is 2. The maximum absolute atomic E-state index is 12.7. The summed E-state index contributed by atoms with van der Waals surface area (Å²) in [6, 6.07) is 9.66. The Labute approximate surface area is 207 Å². The molecular weight excluding hydrogens is 444 g/mol. The Morgan fingerprint density at radius 2 is 1.80 bits per heavy atom. The number of carbonyl (C=O) groups excluding carboxylic acids is 2. The van der Waals surface area contributed by atoms with E-state index in [1.165, 1.54) is 0 Å². The third-order valence-corrected chi connectivity index (χ3v) is 5.75. The second-order valence-electron chi connectivity index (χ2n) is 8.93. The van der Waals surface area contributed by atoms with Crippen LogP contribution in [0.15, 0.2) is 45.7 Å². The van der Waals surface area contributed by atoms with Crippen LogP contribution in [0.25, 0.3) is 22.2 Å².